The predicted molar refractivity (Wildman–Crippen MR) is 104 cm³/mol. The van der Waals surface area contributed by atoms with Crippen LogP contribution in [0.3, 0.4) is 0 Å². The summed E-state index contributed by atoms with van der Waals surface area (Å²) in [6, 6.07) is 8.42. The van der Waals surface area contributed by atoms with Gasteiger partial charge in [-0.15, -0.1) is 0 Å². The molecule has 0 N–H and O–H groups in total. The maximum absolute atomic E-state index is 6.29. The Morgan fingerprint density at radius 1 is 0.958 bits per heavy atom. The van der Waals surface area contributed by atoms with Crippen LogP contribution in [0.2, 0.25) is 18.1 Å². The molecule has 5 heteroatoms. The van der Waals surface area contributed by atoms with Crippen LogP contribution in [0.5, 0.6) is 0 Å². The second-order valence-electron chi connectivity index (χ2n) is 9.38. The zero-order chi connectivity index (χ0) is 18.4. The van der Waals surface area contributed by atoms with Crippen LogP contribution in [0.25, 0.3) is 0 Å². The zero-order valence-electron chi connectivity index (χ0n) is 16.8. The molecule has 1 aliphatic heterocycles. The van der Waals surface area contributed by atoms with E-state index in [1.807, 2.05) is 0 Å². The van der Waals surface area contributed by atoms with E-state index in [0.29, 0.717) is 6.61 Å². The molecule has 1 aromatic carbocycles. The van der Waals surface area contributed by atoms with Gasteiger partial charge in [0.05, 0.1) is 17.8 Å². The minimum absolute atomic E-state index is 0.232. The molecule has 1 aliphatic rings. The summed E-state index contributed by atoms with van der Waals surface area (Å²) in [5, 5.41) is 0.232. The van der Waals surface area contributed by atoms with E-state index in [1.54, 1.807) is 0 Å². The van der Waals surface area contributed by atoms with Gasteiger partial charge in [-0.3, -0.25) is 0 Å². The summed E-state index contributed by atoms with van der Waals surface area (Å²) in [6.45, 7) is 20.3. The monoisotopic (exact) mass is 348 g/mol. The highest BCUT2D eigenvalue weighted by atomic mass is 28.4. The molecule has 1 saturated heterocycles. The number of hydrogen-bond donors (Lipinski definition) is 0. The van der Waals surface area contributed by atoms with Crippen LogP contribution in [0.15, 0.2) is 24.3 Å². The fourth-order valence-electron chi connectivity index (χ4n) is 2.23. The average molecular weight is 348 g/mol. The van der Waals surface area contributed by atoms with Crippen molar-refractivity contribution < 1.29 is 13.7 Å². The van der Waals surface area contributed by atoms with E-state index in [4.69, 9.17) is 13.7 Å². The molecule has 1 fully saturated rings. The summed E-state index contributed by atoms with van der Waals surface area (Å²) in [4.78, 5) is 0. The smallest absolute Gasteiger partial charge is 0.413 e. The molecular formula is C19H33BO3Si. The first-order chi connectivity index (χ1) is 10.8. The molecule has 0 amide bonds. The van der Waals surface area contributed by atoms with Gasteiger partial charge in [-0.25, -0.2) is 0 Å². The fourth-order valence-corrected chi connectivity index (χ4v) is 3.19. The van der Waals surface area contributed by atoms with E-state index < -0.39 is 8.32 Å². The van der Waals surface area contributed by atoms with Gasteiger partial charge in [0.2, 0.25) is 0 Å². The molecule has 0 spiro atoms. The lowest BCUT2D eigenvalue weighted by atomic mass is 9.79. The maximum Gasteiger partial charge on any atom is 0.494 e. The van der Waals surface area contributed by atoms with E-state index in [2.05, 4.69) is 85.8 Å². The first-order valence-corrected chi connectivity index (χ1v) is 11.7. The molecule has 1 heterocycles. The molecular weight excluding hydrogens is 315 g/mol. The summed E-state index contributed by atoms with van der Waals surface area (Å²) < 4.78 is 18.5. The number of rotatable bonds is 4. The van der Waals surface area contributed by atoms with Crippen LogP contribution in [0.1, 0.15) is 54.0 Å². The molecule has 134 valence electrons. The van der Waals surface area contributed by atoms with Crippen molar-refractivity contribution in [1.29, 1.82) is 0 Å². The largest absolute Gasteiger partial charge is 0.494 e. The molecule has 3 nitrogen and oxygen atoms in total. The van der Waals surface area contributed by atoms with Gasteiger partial charge in [0.1, 0.15) is 0 Å². The van der Waals surface area contributed by atoms with Crippen LogP contribution in [0.4, 0.5) is 0 Å². The van der Waals surface area contributed by atoms with Crippen LogP contribution in [-0.2, 0) is 20.3 Å². The molecule has 24 heavy (non-hydrogen) atoms. The second-order valence-corrected chi connectivity index (χ2v) is 14.2. The van der Waals surface area contributed by atoms with Gasteiger partial charge >= 0.3 is 7.12 Å². The first kappa shape index (κ1) is 19.7. The van der Waals surface area contributed by atoms with Crippen LogP contribution >= 0.6 is 0 Å². The first-order valence-electron chi connectivity index (χ1n) is 8.84. The van der Waals surface area contributed by atoms with Crippen molar-refractivity contribution in [3.63, 3.8) is 0 Å². The molecule has 0 bridgehead atoms. The van der Waals surface area contributed by atoms with Crippen LogP contribution in [-0.4, -0.2) is 26.6 Å². The Labute approximate surface area is 149 Å². The van der Waals surface area contributed by atoms with Crippen LogP contribution in [0, 0.1) is 0 Å². The molecule has 0 unspecified atom stereocenters. The van der Waals surface area contributed by atoms with Gasteiger partial charge in [-0.05, 0) is 56.9 Å². The molecule has 1 aromatic rings. The van der Waals surface area contributed by atoms with E-state index >= 15 is 0 Å². The van der Waals surface area contributed by atoms with Gasteiger partial charge in [0.15, 0.2) is 8.32 Å². The SMILES string of the molecule is CC1(C)OB(c2ccc(CO[Si](C)(C)C(C)(C)C)cc2)OC1(C)C. The maximum atomic E-state index is 6.29. The molecule has 0 radical (unpaired) electrons. The molecule has 0 aromatic heterocycles. The summed E-state index contributed by atoms with van der Waals surface area (Å²) in [5.74, 6) is 0. The summed E-state index contributed by atoms with van der Waals surface area (Å²) in [5.41, 5.74) is 1.65. The Kier molecular flexibility index (Phi) is 5.15. The van der Waals surface area contributed by atoms with Gasteiger partial charge in [-0.1, -0.05) is 45.0 Å². The van der Waals surface area contributed by atoms with Crippen molar-refractivity contribution in [2.45, 2.75) is 84.4 Å². The molecule has 0 saturated carbocycles. The second kappa shape index (κ2) is 6.27. The topological polar surface area (TPSA) is 27.7 Å². The van der Waals surface area contributed by atoms with Gasteiger partial charge in [0, 0.05) is 0 Å². The normalized spacial score (nSPS) is 20.5. The van der Waals surface area contributed by atoms with Crippen molar-refractivity contribution in [2.75, 3.05) is 0 Å². The van der Waals surface area contributed by atoms with Crippen molar-refractivity contribution >= 4 is 20.9 Å². The third-order valence-electron chi connectivity index (χ3n) is 5.91. The van der Waals surface area contributed by atoms with E-state index in [-0.39, 0.29) is 23.4 Å². The van der Waals surface area contributed by atoms with Gasteiger partial charge < -0.3 is 13.7 Å². The molecule has 0 atom stereocenters. The van der Waals surface area contributed by atoms with E-state index in [0.717, 1.165) is 5.46 Å². The lowest BCUT2D eigenvalue weighted by Crippen LogP contribution is -2.41. The van der Waals surface area contributed by atoms with Gasteiger partial charge in [-0.2, -0.15) is 0 Å². The Morgan fingerprint density at radius 3 is 1.83 bits per heavy atom. The minimum Gasteiger partial charge on any atom is -0.413 e. The quantitative estimate of drug-likeness (QED) is 0.750. The minimum atomic E-state index is -1.71. The lowest BCUT2D eigenvalue weighted by Gasteiger charge is -2.36. The van der Waals surface area contributed by atoms with Gasteiger partial charge in [0.25, 0.3) is 0 Å². The Hall–Kier alpha value is -0.618. The number of benzene rings is 1. The fraction of sp³-hybridized carbons (Fsp3) is 0.684. The highest BCUT2D eigenvalue weighted by molar-refractivity contribution is 6.74. The predicted octanol–water partition coefficient (Wildman–Crippen LogP) is 4.51. The highest BCUT2D eigenvalue weighted by Crippen LogP contribution is 2.37. The summed E-state index contributed by atoms with van der Waals surface area (Å²) >= 11 is 0. The van der Waals surface area contributed by atoms with Crippen molar-refractivity contribution in [2.24, 2.45) is 0 Å². The average Bonchev–Trinajstić information content (AvgIpc) is 2.65. The lowest BCUT2D eigenvalue weighted by molar-refractivity contribution is 0.00578. The van der Waals surface area contributed by atoms with Crippen molar-refractivity contribution in [1.82, 2.24) is 0 Å². The number of hydrogen-bond acceptors (Lipinski definition) is 3. The zero-order valence-corrected chi connectivity index (χ0v) is 17.8. The van der Waals surface area contributed by atoms with Crippen LogP contribution < -0.4 is 5.46 Å². The summed E-state index contributed by atoms with van der Waals surface area (Å²) in [6.07, 6.45) is 0. The molecule has 2 rings (SSSR count). The Bertz CT molecular complexity index is 557. The van der Waals surface area contributed by atoms with Crippen molar-refractivity contribution in [3.05, 3.63) is 29.8 Å². The van der Waals surface area contributed by atoms with E-state index in [9.17, 15) is 0 Å². The molecule has 0 aliphatic carbocycles. The Balaban J connectivity index is 2.02. The highest BCUT2D eigenvalue weighted by Gasteiger charge is 2.51. The third kappa shape index (κ3) is 3.96. The summed E-state index contributed by atoms with van der Waals surface area (Å²) in [7, 11) is -2.02. The van der Waals surface area contributed by atoms with Crippen molar-refractivity contribution in [3.8, 4) is 0 Å². The van der Waals surface area contributed by atoms with E-state index in [1.165, 1.54) is 5.56 Å². The Morgan fingerprint density at radius 2 is 1.42 bits per heavy atom. The standard InChI is InChI=1S/C19H33BO3Si/c1-17(2,3)24(8,9)21-14-15-10-12-16(13-11-15)20-22-18(4,5)19(6,7)23-20/h10-13H,14H2,1-9H3. The third-order valence-corrected chi connectivity index (χ3v) is 10.4.